The van der Waals surface area contributed by atoms with Crippen LogP contribution in [0.4, 0.5) is 0 Å². The number of carbonyl (C=O) groups is 1. The van der Waals surface area contributed by atoms with Crippen LogP contribution in [0, 0.1) is 5.41 Å². The average molecular weight is 224 g/mol. The number of H-pyrrole nitrogens is 1. The molecule has 1 atom stereocenters. The first-order valence-electron chi connectivity index (χ1n) is 5.47. The Morgan fingerprint density at radius 1 is 1.69 bits per heavy atom. The van der Waals surface area contributed by atoms with Gasteiger partial charge in [0.1, 0.15) is 5.82 Å². The molecule has 5 heteroatoms. The third kappa shape index (κ3) is 2.61. The van der Waals surface area contributed by atoms with E-state index in [-0.39, 0.29) is 5.91 Å². The predicted octanol–water partition coefficient (Wildman–Crippen LogP) is 0.743. The minimum atomic E-state index is -0.471. The first-order valence-corrected chi connectivity index (χ1v) is 5.47. The van der Waals surface area contributed by atoms with Crippen molar-refractivity contribution in [2.45, 2.75) is 26.8 Å². The maximum absolute atomic E-state index is 12.2. The molecule has 16 heavy (non-hydrogen) atoms. The summed E-state index contributed by atoms with van der Waals surface area (Å²) in [6.45, 7) is 4.73. The summed E-state index contributed by atoms with van der Waals surface area (Å²) < 4.78 is 0. The molecule has 0 radical (unpaired) electrons. The lowest BCUT2D eigenvalue weighted by molar-refractivity contribution is -0.140. The van der Waals surface area contributed by atoms with Crippen molar-refractivity contribution < 1.29 is 4.79 Å². The highest BCUT2D eigenvalue weighted by Gasteiger charge is 2.32. The van der Waals surface area contributed by atoms with Crippen LogP contribution >= 0.6 is 0 Å². The van der Waals surface area contributed by atoms with E-state index >= 15 is 0 Å². The fourth-order valence-electron chi connectivity index (χ4n) is 1.52. The number of hydrogen-bond donors (Lipinski definition) is 2. The van der Waals surface area contributed by atoms with Gasteiger partial charge in [-0.1, -0.05) is 6.92 Å². The quantitative estimate of drug-likeness (QED) is 0.774. The van der Waals surface area contributed by atoms with Gasteiger partial charge in [0.15, 0.2) is 0 Å². The minimum absolute atomic E-state index is 0.0638. The van der Waals surface area contributed by atoms with Crippen LogP contribution in [-0.2, 0) is 11.3 Å². The Kier molecular flexibility index (Phi) is 4.06. The van der Waals surface area contributed by atoms with Gasteiger partial charge in [-0.3, -0.25) is 4.79 Å². The molecule has 1 aromatic rings. The smallest absolute Gasteiger partial charge is 0.229 e. The van der Waals surface area contributed by atoms with Gasteiger partial charge in [0.25, 0.3) is 0 Å². The van der Waals surface area contributed by atoms with Crippen LogP contribution in [0.15, 0.2) is 12.4 Å². The van der Waals surface area contributed by atoms with E-state index in [2.05, 4.69) is 9.97 Å². The van der Waals surface area contributed by atoms with E-state index in [0.717, 1.165) is 12.2 Å². The molecule has 0 fully saturated rings. The van der Waals surface area contributed by atoms with E-state index in [9.17, 15) is 4.79 Å². The monoisotopic (exact) mass is 224 g/mol. The van der Waals surface area contributed by atoms with Crippen LogP contribution in [-0.4, -0.2) is 34.4 Å². The molecule has 0 aromatic carbocycles. The first-order chi connectivity index (χ1) is 7.53. The van der Waals surface area contributed by atoms with E-state index in [1.807, 2.05) is 13.8 Å². The molecule has 1 heterocycles. The number of rotatable bonds is 5. The Bertz CT molecular complexity index is 330. The summed E-state index contributed by atoms with van der Waals surface area (Å²) in [5.41, 5.74) is 5.19. The van der Waals surface area contributed by atoms with Gasteiger partial charge in [-0.05, 0) is 13.3 Å². The Labute approximate surface area is 96.0 Å². The van der Waals surface area contributed by atoms with Crippen molar-refractivity contribution in [2.75, 3.05) is 13.6 Å². The van der Waals surface area contributed by atoms with E-state index < -0.39 is 5.41 Å². The second-order valence-corrected chi connectivity index (χ2v) is 4.32. The van der Waals surface area contributed by atoms with Crippen molar-refractivity contribution in [1.82, 2.24) is 14.9 Å². The summed E-state index contributed by atoms with van der Waals surface area (Å²) in [6, 6.07) is 0. The summed E-state index contributed by atoms with van der Waals surface area (Å²) in [5, 5.41) is 0. The lowest BCUT2D eigenvalue weighted by Crippen LogP contribution is -2.44. The standard InChI is InChI=1S/C11H20N4O/c1-4-11(2,8-12)10(16)15(3)7-9-13-5-6-14-9/h5-6H,4,7-8,12H2,1-3H3,(H,13,14). The van der Waals surface area contributed by atoms with Gasteiger partial charge in [0.05, 0.1) is 12.0 Å². The van der Waals surface area contributed by atoms with Crippen molar-refractivity contribution in [3.63, 3.8) is 0 Å². The van der Waals surface area contributed by atoms with Gasteiger partial charge in [-0.25, -0.2) is 4.98 Å². The largest absolute Gasteiger partial charge is 0.347 e. The molecule has 0 aliphatic rings. The SMILES string of the molecule is CCC(C)(CN)C(=O)N(C)Cc1ncc[nH]1. The van der Waals surface area contributed by atoms with Crippen LogP contribution in [0.1, 0.15) is 26.1 Å². The van der Waals surface area contributed by atoms with Crippen LogP contribution in [0.25, 0.3) is 0 Å². The molecule has 0 bridgehead atoms. The van der Waals surface area contributed by atoms with Gasteiger partial charge >= 0.3 is 0 Å². The van der Waals surface area contributed by atoms with Crippen molar-refractivity contribution in [3.8, 4) is 0 Å². The molecule has 3 N–H and O–H groups in total. The number of nitrogens with zero attached hydrogens (tertiary/aromatic N) is 2. The Balaban J connectivity index is 2.67. The number of hydrogen-bond acceptors (Lipinski definition) is 3. The lowest BCUT2D eigenvalue weighted by Gasteiger charge is -2.30. The molecular weight excluding hydrogens is 204 g/mol. The van der Waals surface area contributed by atoms with Crippen LogP contribution in [0.3, 0.4) is 0 Å². The molecule has 0 spiro atoms. The topological polar surface area (TPSA) is 75.0 Å². The Hall–Kier alpha value is -1.36. The zero-order valence-electron chi connectivity index (χ0n) is 10.2. The number of aromatic nitrogens is 2. The first kappa shape index (κ1) is 12.7. The molecule has 0 aliphatic heterocycles. The number of aromatic amines is 1. The average Bonchev–Trinajstić information content (AvgIpc) is 2.79. The lowest BCUT2D eigenvalue weighted by atomic mass is 9.86. The summed E-state index contributed by atoms with van der Waals surface area (Å²) in [5.74, 6) is 0.847. The summed E-state index contributed by atoms with van der Waals surface area (Å²) in [6.07, 6.45) is 4.16. The molecule has 0 saturated carbocycles. The second kappa shape index (κ2) is 5.12. The highest BCUT2D eigenvalue weighted by Crippen LogP contribution is 2.22. The van der Waals surface area contributed by atoms with Crippen LogP contribution in [0.5, 0.6) is 0 Å². The fraction of sp³-hybridized carbons (Fsp3) is 0.636. The highest BCUT2D eigenvalue weighted by atomic mass is 16.2. The van der Waals surface area contributed by atoms with E-state index in [0.29, 0.717) is 13.1 Å². The number of nitrogens with one attached hydrogen (secondary N) is 1. The summed E-state index contributed by atoms with van der Waals surface area (Å²) in [7, 11) is 1.77. The van der Waals surface area contributed by atoms with Crippen LogP contribution < -0.4 is 5.73 Å². The number of imidazole rings is 1. The summed E-state index contributed by atoms with van der Waals surface area (Å²) >= 11 is 0. The zero-order valence-corrected chi connectivity index (χ0v) is 10.2. The summed E-state index contributed by atoms with van der Waals surface area (Å²) in [4.78, 5) is 20.9. The highest BCUT2D eigenvalue weighted by molar-refractivity contribution is 5.82. The molecule has 1 unspecified atom stereocenters. The van der Waals surface area contributed by atoms with Gasteiger partial charge in [0, 0.05) is 26.0 Å². The molecule has 1 rings (SSSR count). The molecule has 5 nitrogen and oxygen atoms in total. The molecule has 0 saturated heterocycles. The predicted molar refractivity (Wildman–Crippen MR) is 62.5 cm³/mol. The Morgan fingerprint density at radius 2 is 2.38 bits per heavy atom. The van der Waals surface area contributed by atoms with Gasteiger partial charge in [-0.2, -0.15) is 0 Å². The van der Waals surface area contributed by atoms with Crippen molar-refractivity contribution in [2.24, 2.45) is 11.1 Å². The van der Waals surface area contributed by atoms with E-state index in [1.165, 1.54) is 0 Å². The van der Waals surface area contributed by atoms with Crippen LogP contribution in [0.2, 0.25) is 0 Å². The number of amides is 1. The van der Waals surface area contributed by atoms with Crippen molar-refractivity contribution >= 4 is 5.91 Å². The van der Waals surface area contributed by atoms with Crippen molar-refractivity contribution in [1.29, 1.82) is 0 Å². The number of carbonyl (C=O) groups excluding carboxylic acids is 1. The Morgan fingerprint density at radius 3 is 2.81 bits per heavy atom. The van der Waals surface area contributed by atoms with Crippen molar-refractivity contribution in [3.05, 3.63) is 18.2 Å². The molecule has 0 aliphatic carbocycles. The van der Waals surface area contributed by atoms with E-state index in [4.69, 9.17) is 5.73 Å². The minimum Gasteiger partial charge on any atom is -0.347 e. The normalized spacial score (nSPS) is 14.5. The zero-order chi connectivity index (χ0) is 12.2. The maximum atomic E-state index is 12.2. The molecule has 1 aromatic heterocycles. The molecule has 90 valence electrons. The molecule has 1 amide bonds. The third-order valence-electron chi connectivity index (χ3n) is 3.04. The van der Waals surface area contributed by atoms with Gasteiger partial charge in [-0.15, -0.1) is 0 Å². The van der Waals surface area contributed by atoms with Gasteiger partial charge < -0.3 is 15.6 Å². The number of nitrogens with two attached hydrogens (primary N) is 1. The second-order valence-electron chi connectivity index (χ2n) is 4.32. The maximum Gasteiger partial charge on any atom is 0.229 e. The molecular formula is C11H20N4O. The van der Waals surface area contributed by atoms with E-state index in [1.54, 1.807) is 24.3 Å². The van der Waals surface area contributed by atoms with Gasteiger partial charge in [0.2, 0.25) is 5.91 Å². The fourth-order valence-corrected chi connectivity index (χ4v) is 1.52. The third-order valence-corrected chi connectivity index (χ3v) is 3.04.